The molecule has 0 atom stereocenters. The van der Waals surface area contributed by atoms with Crippen LogP contribution in [-0.4, -0.2) is 37.9 Å². The van der Waals surface area contributed by atoms with Crippen molar-refractivity contribution >= 4 is 27.7 Å². The Kier molecular flexibility index (Phi) is 6.16. The summed E-state index contributed by atoms with van der Waals surface area (Å²) in [5.41, 5.74) is 1.95. The van der Waals surface area contributed by atoms with Gasteiger partial charge in [-0.15, -0.1) is 11.8 Å². The van der Waals surface area contributed by atoms with Crippen LogP contribution in [0.5, 0.6) is 11.5 Å². The topological polar surface area (TPSA) is 21.7 Å². The van der Waals surface area contributed by atoms with Gasteiger partial charge in [-0.3, -0.25) is 4.90 Å². The first-order chi connectivity index (χ1) is 8.15. The number of nitrogens with zero attached hydrogens (tertiary/aromatic N) is 1. The maximum atomic E-state index is 5.42. The SMILES string of the molecule is COc1cc(SC)c(OC)cc1CN(C)CBr. The molecule has 0 N–H and O–H groups in total. The van der Waals surface area contributed by atoms with Crippen LogP contribution in [0.25, 0.3) is 0 Å². The van der Waals surface area contributed by atoms with Crippen molar-refractivity contribution in [2.45, 2.75) is 11.4 Å². The molecular weight excluding hydrogens is 302 g/mol. The van der Waals surface area contributed by atoms with Gasteiger partial charge in [0.25, 0.3) is 0 Å². The minimum absolute atomic E-state index is 0.819. The van der Waals surface area contributed by atoms with E-state index in [-0.39, 0.29) is 0 Å². The number of alkyl halides is 1. The van der Waals surface area contributed by atoms with Gasteiger partial charge in [-0.1, -0.05) is 15.9 Å². The molecule has 0 aromatic heterocycles. The minimum atomic E-state index is 0.819. The average Bonchev–Trinajstić information content (AvgIpc) is 2.37. The van der Waals surface area contributed by atoms with Crippen molar-refractivity contribution < 1.29 is 9.47 Å². The number of ether oxygens (including phenoxy) is 2. The highest BCUT2D eigenvalue weighted by atomic mass is 79.9. The summed E-state index contributed by atoms with van der Waals surface area (Å²) >= 11 is 5.09. The standard InChI is InChI=1S/C12H18BrNO2S/c1-14(8-13)7-9-5-11(16-3)12(17-4)6-10(9)15-2/h5-6H,7-8H2,1-4H3. The van der Waals surface area contributed by atoms with Gasteiger partial charge in [0, 0.05) is 12.1 Å². The monoisotopic (exact) mass is 319 g/mol. The number of hydrogen-bond acceptors (Lipinski definition) is 4. The lowest BCUT2D eigenvalue weighted by Crippen LogP contribution is -2.15. The Morgan fingerprint density at radius 1 is 1.24 bits per heavy atom. The number of hydrogen-bond donors (Lipinski definition) is 0. The molecule has 1 rings (SSSR count). The van der Waals surface area contributed by atoms with Gasteiger partial charge in [0.05, 0.1) is 24.6 Å². The molecular formula is C12H18BrNO2S. The highest BCUT2D eigenvalue weighted by molar-refractivity contribution is 9.09. The van der Waals surface area contributed by atoms with Gasteiger partial charge in [0.1, 0.15) is 11.5 Å². The molecule has 5 heteroatoms. The second kappa shape index (κ2) is 7.13. The highest BCUT2D eigenvalue weighted by Crippen LogP contribution is 2.34. The lowest BCUT2D eigenvalue weighted by molar-refractivity contribution is 0.358. The van der Waals surface area contributed by atoms with E-state index in [1.807, 2.05) is 25.4 Å². The van der Waals surface area contributed by atoms with E-state index in [9.17, 15) is 0 Å². The van der Waals surface area contributed by atoms with Crippen LogP contribution in [0.15, 0.2) is 17.0 Å². The fourth-order valence-corrected chi connectivity index (χ4v) is 2.29. The van der Waals surface area contributed by atoms with Gasteiger partial charge < -0.3 is 9.47 Å². The maximum Gasteiger partial charge on any atom is 0.132 e. The van der Waals surface area contributed by atoms with Gasteiger partial charge in [-0.2, -0.15) is 0 Å². The zero-order valence-corrected chi connectivity index (χ0v) is 13.0. The van der Waals surface area contributed by atoms with E-state index in [2.05, 4.69) is 20.8 Å². The molecule has 0 radical (unpaired) electrons. The molecule has 0 aliphatic carbocycles. The molecule has 0 saturated heterocycles. The van der Waals surface area contributed by atoms with Gasteiger partial charge in [-0.05, 0) is 25.4 Å². The van der Waals surface area contributed by atoms with Crippen molar-refractivity contribution in [3.63, 3.8) is 0 Å². The summed E-state index contributed by atoms with van der Waals surface area (Å²) < 4.78 is 10.8. The quantitative estimate of drug-likeness (QED) is 0.456. The molecule has 0 unspecified atom stereocenters. The normalized spacial score (nSPS) is 10.7. The van der Waals surface area contributed by atoms with Gasteiger partial charge >= 0.3 is 0 Å². The van der Waals surface area contributed by atoms with Crippen molar-refractivity contribution in [1.82, 2.24) is 4.90 Å². The molecule has 0 spiro atoms. The molecule has 96 valence electrons. The van der Waals surface area contributed by atoms with Crippen LogP contribution in [0.3, 0.4) is 0 Å². The third-order valence-corrected chi connectivity index (χ3v) is 4.05. The molecule has 3 nitrogen and oxygen atoms in total. The van der Waals surface area contributed by atoms with Crippen LogP contribution in [0.2, 0.25) is 0 Å². The Morgan fingerprint density at radius 3 is 2.35 bits per heavy atom. The lowest BCUT2D eigenvalue weighted by Gasteiger charge is -2.18. The summed E-state index contributed by atoms with van der Waals surface area (Å²) in [6, 6.07) is 4.07. The number of halogens is 1. The van der Waals surface area contributed by atoms with E-state index in [1.165, 1.54) is 0 Å². The van der Waals surface area contributed by atoms with Crippen molar-refractivity contribution in [1.29, 1.82) is 0 Å². The molecule has 0 aliphatic heterocycles. The fourth-order valence-electron chi connectivity index (χ4n) is 1.55. The molecule has 1 aromatic carbocycles. The molecule has 0 amide bonds. The minimum Gasteiger partial charge on any atom is -0.496 e. The van der Waals surface area contributed by atoms with Crippen LogP contribution in [0, 0.1) is 0 Å². The number of rotatable bonds is 6. The van der Waals surface area contributed by atoms with E-state index in [0.29, 0.717) is 0 Å². The summed E-state index contributed by atoms with van der Waals surface area (Å²) in [6.07, 6.45) is 2.03. The van der Waals surface area contributed by atoms with Crippen LogP contribution in [0.1, 0.15) is 5.56 Å². The third kappa shape index (κ3) is 3.79. The Morgan fingerprint density at radius 2 is 1.88 bits per heavy atom. The van der Waals surface area contributed by atoms with Crippen molar-refractivity contribution in [3.8, 4) is 11.5 Å². The van der Waals surface area contributed by atoms with Crippen LogP contribution < -0.4 is 9.47 Å². The van der Waals surface area contributed by atoms with Gasteiger partial charge in [0.15, 0.2) is 0 Å². The molecule has 0 heterocycles. The molecule has 17 heavy (non-hydrogen) atoms. The average molecular weight is 320 g/mol. The van der Waals surface area contributed by atoms with Gasteiger partial charge in [-0.25, -0.2) is 0 Å². The second-order valence-electron chi connectivity index (χ2n) is 3.65. The molecule has 0 saturated carbocycles. The molecule has 1 aromatic rings. The van der Waals surface area contributed by atoms with Gasteiger partial charge in [0.2, 0.25) is 0 Å². The third-order valence-electron chi connectivity index (χ3n) is 2.43. The first-order valence-electron chi connectivity index (χ1n) is 5.19. The largest absolute Gasteiger partial charge is 0.496 e. The van der Waals surface area contributed by atoms with Crippen molar-refractivity contribution in [2.24, 2.45) is 0 Å². The Hall–Kier alpha value is -0.390. The number of methoxy groups -OCH3 is 2. The van der Waals surface area contributed by atoms with E-state index < -0.39 is 0 Å². The Bertz CT molecular complexity index is 374. The van der Waals surface area contributed by atoms with E-state index in [1.54, 1.807) is 26.0 Å². The lowest BCUT2D eigenvalue weighted by atomic mass is 10.2. The smallest absolute Gasteiger partial charge is 0.132 e. The predicted molar refractivity (Wildman–Crippen MR) is 76.6 cm³/mol. The highest BCUT2D eigenvalue weighted by Gasteiger charge is 2.11. The summed E-state index contributed by atoms with van der Waals surface area (Å²) in [5, 5.41) is 0. The zero-order chi connectivity index (χ0) is 12.8. The van der Waals surface area contributed by atoms with E-state index >= 15 is 0 Å². The zero-order valence-electron chi connectivity index (χ0n) is 10.6. The van der Waals surface area contributed by atoms with Crippen molar-refractivity contribution in [3.05, 3.63) is 17.7 Å². The Balaban J connectivity index is 3.09. The van der Waals surface area contributed by atoms with Crippen molar-refractivity contribution in [2.75, 3.05) is 33.0 Å². The molecule has 0 aliphatic rings. The molecule has 0 fully saturated rings. The number of thioether (sulfide) groups is 1. The molecule has 0 bridgehead atoms. The van der Waals surface area contributed by atoms with E-state index in [0.717, 1.165) is 34.0 Å². The van der Waals surface area contributed by atoms with Crippen LogP contribution >= 0.6 is 27.7 Å². The van der Waals surface area contributed by atoms with E-state index in [4.69, 9.17) is 9.47 Å². The van der Waals surface area contributed by atoms with Crippen LogP contribution in [0.4, 0.5) is 0 Å². The summed E-state index contributed by atoms with van der Waals surface area (Å²) in [4.78, 5) is 3.24. The predicted octanol–water partition coefficient (Wildman–Crippen LogP) is 3.21. The number of benzene rings is 1. The Labute approximate surface area is 116 Å². The first-order valence-corrected chi connectivity index (χ1v) is 7.54. The summed E-state index contributed by atoms with van der Waals surface area (Å²) in [6.45, 7) is 0.819. The first kappa shape index (κ1) is 14.7. The summed E-state index contributed by atoms with van der Waals surface area (Å²) in [7, 11) is 5.44. The second-order valence-corrected chi connectivity index (χ2v) is 5.00. The maximum absolute atomic E-state index is 5.42. The fraction of sp³-hybridized carbons (Fsp3) is 0.500. The van der Waals surface area contributed by atoms with Crippen LogP contribution in [-0.2, 0) is 6.54 Å². The summed E-state index contributed by atoms with van der Waals surface area (Å²) in [5.74, 6) is 1.80.